The molecule has 1 fully saturated rings. The molecule has 2 rings (SSSR count). The Morgan fingerprint density at radius 3 is 3.12 bits per heavy atom. The van der Waals surface area contributed by atoms with E-state index >= 15 is 0 Å². The number of aromatic nitrogens is 2. The number of hydrogen-bond donors (Lipinski definition) is 1. The first-order valence-corrected chi connectivity index (χ1v) is 6.17. The van der Waals surface area contributed by atoms with Gasteiger partial charge in [0.1, 0.15) is 6.10 Å². The quantitative estimate of drug-likeness (QED) is 0.829. The van der Waals surface area contributed by atoms with Gasteiger partial charge in [-0.3, -0.25) is 0 Å². The molecule has 0 saturated carbocycles. The minimum atomic E-state index is 0.139. The number of rotatable bonds is 4. The minimum Gasteiger partial charge on any atom is -0.369 e. The van der Waals surface area contributed by atoms with Gasteiger partial charge in [0, 0.05) is 25.7 Å². The Morgan fingerprint density at radius 2 is 2.47 bits per heavy atom. The average molecular weight is 238 g/mol. The third-order valence-electron chi connectivity index (χ3n) is 3.34. The van der Waals surface area contributed by atoms with Crippen LogP contribution in [0.15, 0.2) is 12.5 Å². The standard InChI is InChI=1S/C12H22N4O/c1-10(15(2)3)8-16-9-14-6-11(16)12-7-13-4-5-17-12/h6,9-10,12-13H,4-5,7-8H2,1-3H3. The summed E-state index contributed by atoms with van der Waals surface area (Å²) in [7, 11) is 4.19. The maximum atomic E-state index is 5.77. The Morgan fingerprint density at radius 1 is 1.65 bits per heavy atom. The molecule has 0 bridgehead atoms. The lowest BCUT2D eigenvalue weighted by atomic mass is 10.2. The molecular weight excluding hydrogens is 216 g/mol. The number of ether oxygens (including phenoxy) is 1. The van der Waals surface area contributed by atoms with E-state index in [9.17, 15) is 0 Å². The van der Waals surface area contributed by atoms with Crippen molar-refractivity contribution in [3.05, 3.63) is 18.2 Å². The summed E-state index contributed by atoms with van der Waals surface area (Å²) in [4.78, 5) is 6.46. The summed E-state index contributed by atoms with van der Waals surface area (Å²) < 4.78 is 7.96. The fourth-order valence-corrected chi connectivity index (χ4v) is 1.95. The van der Waals surface area contributed by atoms with E-state index < -0.39 is 0 Å². The molecule has 1 aromatic heterocycles. The molecule has 0 aromatic carbocycles. The van der Waals surface area contributed by atoms with Crippen molar-refractivity contribution >= 4 is 0 Å². The summed E-state index contributed by atoms with van der Waals surface area (Å²) in [5, 5.41) is 3.35. The van der Waals surface area contributed by atoms with Crippen LogP contribution < -0.4 is 5.32 Å². The van der Waals surface area contributed by atoms with E-state index in [2.05, 4.69) is 40.8 Å². The maximum absolute atomic E-state index is 5.77. The highest BCUT2D eigenvalue weighted by molar-refractivity contribution is 5.05. The second kappa shape index (κ2) is 5.62. The van der Waals surface area contributed by atoms with Crippen LogP contribution in [0, 0.1) is 0 Å². The molecule has 0 aliphatic carbocycles. The molecule has 96 valence electrons. The first-order valence-electron chi connectivity index (χ1n) is 6.17. The van der Waals surface area contributed by atoms with Crippen LogP contribution in [0.25, 0.3) is 0 Å². The van der Waals surface area contributed by atoms with Crippen molar-refractivity contribution in [2.24, 2.45) is 0 Å². The van der Waals surface area contributed by atoms with Gasteiger partial charge >= 0.3 is 0 Å². The van der Waals surface area contributed by atoms with Gasteiger partial charge in [0.2, 0.25) is 0 Å². The van der Waals surface area contributed by atoms with Crippen molar-refractivity contribution in [1.29, 1.82) is 0 Å². The van der Waals surface area contributed by atoms with Crippen LogP contribution in [0.3, 0.4) is 0 Å². The molecule has 5 heteroatoms. The molecule has 0 spiro atoms. The second-order valence-electron chi connectivity index (χ2n) is 4.85. The van der Waals surface area contributed by atoms with Crippen molar-refractivity contribution in [2.45, 2.75) is 25.6 Å². The monoisotopic (exact) mass is 238 g/mol. The van der Waals surface area contributed by atoms with E-state index in [0.717, 1.165) is 26.2 Å². The predicted molar refractivity (Wildman–Crippen MR) is 66.9 cm³/mol. The summed E-state index contributed by atoms with van der Waals surface area (Å²) in [6.07, 6.45) is 3.95. The number of imidazole rings is 1. The number of nitrogens with zero attached hydrogens (tertiary/aromatic N) is 3. The number of likely N-dealkylation sites (N-methyl/N-ethyl adjacent to an activating group) is 1. The van der Waals surface area contributed by atoms with Crippen LogP contribution in [0.1, 0.15) is 18.7 Å². The van der Waals surface area contributed by atoms with Crippen molar-refractivity contribution in [2.75, 3.05) is 33.8 Å². The Kier molecular flexibility index (Phi) is 4.15. The number of hydrogen-bond acceptors (Lipinski definition) is 4. The lowest BCUT2D eigenvalue weighted by Crippen LogP contribution is -2.35. The van der Waals surface area contributed by atoms with Crippen molar-refractivity contribution < 1.29 is 4.74 Å². The average Bonchev–Trinajstić information content (AvgIpc) is 2.78. The summed E-state index contributed by atoms with van der Waals surface area (Å²) in [5.74, 6) is 0. The van der Waals surface area contributed by atoms with Gasteiger partial charge in [0.25, 0.3) is 0 Å². The highest BCUT2D eigenvalue weighted by Gasteiger charge is 2.20. The van der Waals surface area contributed by atoms with Gasteiger partial charge in [-0.1, -0.05) is 0 Å². The third kappa shape index (κ3) is 3.06. The molecule has 1 aliphatic rings. The van der Waals surface area contributed by atoms with E-state index in [0.29, 0.717) is 6.04 Å². The molecule has 1 saturated heterocycles. The second-order valence-corrected chi connectivity index (χ2v) is 4.85. The van der Waals surface area contributed by atoms with Gasteiger partial charge in [0.05, 0.1) is 24.8 Å². The lowest BCUT2D eigenvalue weighted by molar-refractivity contribution is 0.0222. The van der Waals surface area contributed by atoms with Gasteiger partial charge in [-0.2, -0.15) is 0 Å². The highest BCUT2D eigenvalue weighted by atomic mass is 16.5. The molecule has 0 amide bonds. The Bertz CT molecular complexity index is 344. The molecule has 17 heavy (non-hydrogen) atoms. The summed E-state index contributed by atoms with van der Waals surface area (Å²) in [5.41, 5.74) is 1.17. The van der Waals surface area contributed by atoms with E-state index in [1.54, 1.807) is 0 Å². The molecule has 0 radical (unpaired) electrons. The van der Waals surface area contributed by atoms with Gasteiger partial charge in [-0.15, -0.1) is 0 Å². The number of nitrogens with one attached hydrogen (secondary N) is 1. The smallest absolute Gasteiger partial charge is 0.111 e. The van der Waals surface area contributed by atoms with Gasteiger partial charge in [-0.05, 0) is 21.0 Å². The first kappa shape index (κ1) is 12.5. The maximum Gasteiger partial charge on any atom is 0.111 e. The Hall–Kier alpha value is -0.910. The van der Waals surface area contributed by atoms with Crippen LogP contribution in [-0.4, -0.2) is 54.3 Å². The topological polar surface area (TPSA) is 42.3 Å². The molecule has 2 unspecified atom stereocenters. The number of morpholine rings is 1. The largest absolute Gasteiger partial charge is 0.369 e. The molecule has 1 N–H and O–H groups in total. The first-order chi connectivity index (χ1) is 8.18. The van der Waals surface area contributed by atoms with Crippen LogP contribution in [0.5, 0.6) is 0 Å². The van der Waals surface area contributed by atoms with Gasteiger partial charge < -0.3 is 19.5 Å². The van der Waals surface area contributed by atoms with E-state index in [1.165, 1.54) is 5.69 Å². The highest BCUT2D eigenvalue weighted by Crippen LogP contribution is 2.18. The molecule has 2 heterocycles. The van der Waals surface area contributed by atoms with Crippen LogP contribution in [0.2, 0.25) is 0 Å². The zero-order valence-corrected chi connectivity index (χ0v) is 10.9. The third-order valence-corrected chi connectivity index (χ3v) is 3.34. The minimum absolute atomic E-state index is 0.139. The van der Waals surface area contributed by atoms with Crippen LogP contribution >= 0.6 is 0 Å². The summed E-state index contributed by atoms with van der Waals surface area (Å²) >= 11 is 0. The predicted octanol–water partition coefficient (Wildman–Crippen LogP) is 0.494. The zero-order chi connectivity index (χ0) is 12.3. The fraction of sp³-hybridized carbons (Fsp3) is 0.750. The Labute approximate surface area is 103 Å². The van der Waals surface area contributed by atoms with Gasteiger partial charge in [-0.25, -0.2) is 4.98 Å². The van der Waals surface area contributed by atoms with Crippen molar-refractivity contribution in [1.82, 2.24) is 19.8 Å². The molecule has 1 aromatic rings. The van der Waals surface area contributed by atoms with Crippen LogP contribution in [0.4, 0.5) is 0 Å². The van der Waals surface area contributed by atoms with E-state index in [1.807, 2.05) is 12.5 Å². The summed E-state index contributed by atoms with van der Waals surface area (Å²) in [6.45, 7) is 5.76. The fourth-order valence-electron chi connectivity index (χ4n) is 1.95. The van der Waals surface area contributed by atoms with Crippen molar-refractivity contribution in [3.63, 3.8) is 0 Å². The SMILES string of the molecule is CC(Cn1cncc1C1CNCCO1)N(C)C. The molecule has 1 aliphatic heterocycles. The normalized spacial score (nSPS) is 22.9. The van der Waals surface area contributed by atoms with Crippen molar-refractivity contribution in [3.8, 4) is 0 Å². The summed E-state index contributed by atoms with van der Waals surface area (Å²) in [6, 6.07) is 0.486. The molecular formula is C12H22N4O. The van der Waals surface area contributed by atoms with E-state index in [4.69, 9.17) is 4.74 Å². The molecule has 5 nitrogen and oxygen atoms in total. The van der Waals surface area contributed by atoms with E-state index in [-0.39, 0.29) is 6.10 Å². The zero-order valence-electron chi connectivity index (χ0n) is 10.9. The molecule has 2 atom stereocenters. The Balaban J connectivity index is 2.05. The lowest BCUT2D eigenvalue weighted by Gasteiger charge is -2.26. The van der Waals surface area contributed by atoms with Crippen LogP contribution in [-0.2, 0) is 11.3 Å². The van der Waals surface area contributed by atoms with Gasteiger partial charge in [0.15, 0.2) is 0 Å².